The van der Waals surface area contributed by atoms with Crippen molar-refractivity contribution in [3.63, 3.8) is 0 Å². The number of carbonyl (C=O) groups is 1. The predicted octanol–water partition coefficient (Wildman–Crippen LogP) is 4.19. The molecule has 0 atom stereocenters. The summed E-state index contributed by atoms with van der Waals surface area (Å²) in [5.41, 5.74) is 3.58. The summed E-state index contributed by atoms with van der Waals surface area (Å²) in [4.78, 5) is 20.9. The molecule has 0 aliphatic carbocycles. The molecular weight excluding hydrogens is 344 g/mol. The second-order valence-electron chi connectivity index (χ2n) is 6.33. The molecule has 0 amide bonds. The van der Waals surface area contributed by atoms with E-state index in [1.807, 2.05) is 61.5 Å². The minimum Gasteiger partial charge on any atom is -0.378 e. The number of rotatable bonds is 4. The minimum absolute atomic E-state index is 0.0286. The van der Waals surface area contributed by atoms with Gasteiger partial charge >= 0.3 is 0 Å². The van der Waals surface area contributed by atoms with Gasteiger partial charge in [0, 0.05) is 24.2 Å². The quantitative estimate of drug-likeness (QED) is 0.651. The predicted molar refractivity (Wildman–Crippen MR) is 105 cm³/mol. The van der Waals surface area contributed by atoms with Crippen LogP contribution in [0.2, 0.25) is 0 Å². The molecule has 1 fully saturated rings. The number of ether oxygens (including phenoxy) is 1. The molecule has 2 heterocycles. The Labute approximate surface area is 157 Å². The third-order valence-electron chi connectivity index (χ3n) is 4.46. The normalized spacial score (nSPS) is 14.4. The highest BCUT2D eigenvalue weighted by Gasteiger charge is 2.24. The fourth-order valence-corrected chi connectivity index (χ4v) is 4.08. The van der Waals surface area contributed by atoms with Crippen LogP contribution in [0, 0.1) is 6.92 Å². The summed E-state index contributed by atoms with van der Waals surface area (Å²) in [6.45, 7) is 5.02. The molecule has 0 bridgehead atoms. The number of aryl methyl sites for hydroxylation is 1. The Hall–Kier alpha value is -2.50. The number of carbonyl (C=O) groups excluding carboxylic acids is 1. The molecule has 0 saturated carbocycles. The number of anilines is 1. The monoisotopic (exact) mass is 364 g/mol. The Kier molecular flexibility index (Phi) is 4.82. The highest BCUT2D eigenvalue weighted by molar-refractivity contribution is 7.18. The van der Waals surface area contributed by atoms with Crippen molar-refractivity contribution in [1.29, 1.82) is 0 Å². The number of hydrogen-bond donors (Lipinski definition) is 0. The maximum atomic E-state index is 13.2. The Bertz CT molecular complexity index is 898. The van der Waals surface area contributed by atoms with Gasteiger partial charge in [-0.2, -0.15) is 0 Å². The minimum atomic E-state index is 0.0286. The van der Waals surface area contributed by atoms with Gasteiger partial charge in [0.15, 0.2) is 5.13 Å². The number of ketones is 1. The van der Waals surface area contributed by atoms with Gasteiger partial charge in [-0.3, -0.25) is 4.79 Å². The van der Waals surface area contributed by atoms with Crippen LogP contribution in [-0.4, -0.2) is 37.1 Å². The number of aromatic nitrogens is 1. The number of hydrogen-bond acceptors (Lipinski definition) is 5. The fourth-order valence-electron chi connectivity index (χ4n) is 2.98. The third-order valence-corrected chi connectivity index (χ3v) is 5.58. The average molecular weight is 364 g/mol. The van der Waals surface area contributed by atoms with E-state index in [2.05, 4.69) is 4.90 Å². The lowest BCUT2D eigenvalue weighted by Gasteiger charge is -2.26. The molecule has 1 aliphatic heterocycles. The highest BCUT2D eigenvalue weighted by Crippen LogP contribution is 2.35. The molecule has 1 saturated heterocycles. The molecular formula is C21H20N2O2S. The van der Waals surface area contributed by atoms with Crippen molar-refractivity contribution in [3.05, 3.63) is 70.6 Å². The summed E-state index contributed by atoms with van der Waals surface area (Å²) in [7, 11) is 0. The fraction of sp³-hybridized carbons (Fsp3) is 0.238. The van der Waals surface area contributed by atoms with E-state index in [-0.39, 0.29) is 5.78 Å². The second-order valence-corrected chi connectivity index (χ2v) is 7.31. The summed E-state index contributed by atoms with van der Waals surface area (Å²) in [5, 5.41) is 0.891. The van der Waals surface area contributed by atoms with E-state index < -0.39 is 0 Å². The summed E-state index contributed by atoms with van der Waals surface area (Å²) in [5.74, 6) is 0.0286. The van der Waals surface area contributed by atoms with Gasteiger partial charge in [-0.15, -0.1) is 0 Å². The zero-order valence-electron chi connectivity index (χ0n) is 14.6. The van der Waals surface area contributed by atoms with Crippen molar-refractivity contribution in [2.24, 2.45) is 0 Å². The average Bonchev–Trinajstić information content (AvgIpc) is 3.15. The van der Waals surface area contributed by atoms with Crippen molar-refractivity contribution in [3.8, 4) is 11.3 Å². The van der Waals surface area contributed by atoms with E-state index in [9.17, 15) is 4.79 Å². The van der Waals surface area contributed by atoms with Crippen molar-refractivity contribution in [1.82, 2.24) is 4.98 Å². The third kappa shape index (κ3) is 3.41. The van der Waals surface area contributed by atoms with Gasteiger partial charge in [-0.1, -0.05) is 71.5 Å². The molecule has 0 N–H and O–H groups in total. The summed E-state index contributed by atoms with van der Waals surface area (Å²) < 4.78 is 5.44. The molecule has 5 heteroatoms. The number of nitrogens with zero attached hydrogens (tertiary/aromatic N) is 2. The van der Waals surface area contributed by atoms with E-state index in [0.717, 1.165) is 35.0 Å². The highest BCUT2D eigenvalue weighted by atomic mass is 32.1. The molecule has 3 aromatic rings. The molecule has 1 aliphatic rings. The van der Waals surface area contributed by atoms with Gasteiger partial charge in [0.1, 0.15) is 4.88 Å². The zero-order valence-corrected chi connectivity index (χ0v) is 15.5. The van der Waals surface area contributed by atoms with Crippen LogP contribution in [0.5, 0.6) is 0 Å². The van der Waals surface area contributed by atoms with Crippen molar-refractivity contribution in [2.45, 2.75) is 6.92 Å². The molecule has 2 aromatic carbocycles. The van der Waals surface area contributed by atoms with Crippen molar-refractivity contribution < 1.29 is 9.53 Å². The first kappa shape index (κ1) is 16.9. The number of benzene rings is 2. The molecule has 26 heavy (non-hydrogen) atoms. The van der Waals surface area contributed by atoms with Crippen molar-refractivity contribution >= 4 is 22.3 Å². The van der Waals surface area contributed by atoms with Crippen LogP contribution in [0.1, 0.15) is 20.8 Å². The van der Waals surface area contributed by atoms with Crippen LogP contribution >= 0.6 is 11.3 Å². The van der Waals surface area contributed by atoms with Gasteiger partial charge in [-0.25, -0.2) is 4.98 Å². The smallest absolute Gasteiger partial charge is 0.205 e. The summed E-state index contributed by atoms with van der Waals surface area (Å²) in [6, 6.07) is 17.7. The SMILES string of the molecule is Cc1ccc(C(=O)c2sc(N3CCOCC3)nc2-c2ccccc2)cc1. The molecule has 0 radical (unpaired) electrons. The Morgan fingerprint density at radius 2 is 1.73 bits per heavy atom. The molecule has 1 aromatic heterocycles. The van der Waals surface area contributed by atoms with Gasteiger partial charge < -0.3 is 9.64 Å². The van der Waals surface area contributed by atoms with E-state index in [4.69, 9.17) is 9.72 Å². The Morgan fingerprint density at radius 3 is 2.42 bits per heavy atom. The number of morpholine rings is 1. The van der Waals surface area contributed by atoms with Crippen LogP contribution in [-0.2, 0) is 4.74 Å². The van der Waals surface area contributed by atoms with Crippen LogP contribution in [0.4, 0.5) is 5.13 Å². The van der Waals surface area contributed by atoms with Crippen LogP contribution < -0.4 is 4.90 Å². The maximum absolute atomic E-state index is 13.2. The van der Waals surface area contributed by atoms with Crippen LogP contribution in [0.25, 0.3) is 11.3 Å². The summed E-state index contributed by atoms with van der Waals surface area (Å²) >= 11 is 1.48. The largest absolute Gasteiger partial charge is 0.378 e. The molecule has 0 unspecified atom stereocenters. The Morgan fingerprint density at radius 1 is 1.04 bits per heavy atom. The first-order valence-electron chi connectivity index (χ1n) is 8.73. The molecule has 4 rings (SSSR count). The van der Waals surface area contributed by atoms with Gasteiger partial charge in [0.25, 0.3) is 0 Å². The van der Waals surface area contributed by atoms with Crippen LogP contribution in [0.15, 0.2) is 54.6 Å². The van der Waals surface area contributed by atoms with Crippen molar-refractivity contribution in [2.75, 3.05) is 31.2 Å². The van der Waals surface area contributed by atoms with E-state index in [0.29, 0.717) is 23.7 Å². The van der Waals surface area contributed by atoms with Gasteiger partial charge in [0.05, 0.1) is 18.9 Å². The molecule has 4 nitrogen and oxygen atoms in total. The van der Waals surface area contributed by atoms with Gasteiger partial charge in [-0.05, 0) is 6.92 Å². The van der Waals surface area contributed by atoms with Crippen LogP contribution in [0.3, 0.4) is 0 Å². The first-order chi connectivity index (χ1) is 12.7. The zero-order chi connectivity index (χ0) is 17.9. The Balaban J connectivity index is 1.77. The maximum Gasteiger partial charge on any atom is 0.205 e. The van der Waals surface area contributed by atoms with E-state index in [1.54, 1.807) is 0 Å². The molecule has 132 valence electrons. The lowest BCUT2D eigenvalue weighted by molar-refractivity contribution is 0.104. The molecule has 0 spiro atoms. The second kappa shape index (κ2) is 7.40. The lowest BCUT2D eigenvalue weighted by atomic mass is 10.0. The van der Waals surface area contributed by atoms with E-state index in [1.165, 1.54) is 11.3 Å². The number of thiazole rings is 1. The topological polar surface area (TPSA) is 42.4 Å². The standard InChI is InChI=1S/C21H20N2O2S/c1-15-7-9-17(10-8-15)19(24)20-18(16-5-3-2-4-6-16)22-21(26-20)23-11-13-25-14-12-23/h2-10H,11-14H2,1H3. The summed E-state index contributed by atoms with van der Waals surface area (Å²) in [6.07, 6.45) is 0. The first-order valence-corrected chi connectivity index (χ1v) is 9.54. The van der Waals surface area contributed by atoms with Gasteiger partial charge in [0.2, 0.25) is 5.78 Å². The lowest BCUT2D eigenvalue weighted by Crippen LogP contribution is -2.36. The van der Waals surface area contributed by atoms with E-state index >= 15 is 0 Å².